The number of hydrogen-bond acceptors (Lipinski definition) is 4. The zero-order valence-corrected chi connectivity index (χ0v) is 14.9. The average Bonchev–Trinajstić information content (AvgIpc) is 3.06. The van der Waals surface area contributed by atoms with Crippen molar-refractivity contribution in [3.63, 3.8) is 0 Å². The number of imidazole rings is 1. The molecule has 2 N–H and O–H groups in total. The molecular weight excluding hydrogens is 326 g/mol. The third-order valence-corrected chi connectivity index (χ3v) is 4.86. The van der Waals surface area contributed by atoms with Gasteiger partial charge in [-0.25, -0.2) is 4.98 Å². The average molecular weight is 349 g/mol. The van der Waals surface area contributed by atoms with Gasteiger partial charge in [0.2, 0.25) is 5.91 Å². The molecule has 0 unspecified atom stereocenters. The van der Waals surface area contributed by atoms with Gasteiger partial charge in [-0.2, -0.15) is 0 Å². The van der Waals surface area contributed by atoms with E-state index in [0.717, 1.165) is 48.5 Å². The first-order valence-electron chi connectivity index (χ1n) is 9.06. The first-order valence-corrected chi connectivity index (χ1v) is 9.06. The van der Waals surface area contributed by atoms with Crippen LogP contribution in [-0.4, -0.2) is 45.4 Å². The number of nitrogens with one attached hydrogen (secondary N) is 2. The Bertz CT molecular complexity index is 905. The Hall–Kier alpha value is -2.73. The molecular formula is C20H23N5O. The number of benzene rings is 1. The van der Waals surface area contributed by atoms with E-state index >= 15 is 0 Å². The number of rotatable bonds is 4. The van der Waals surface area contributed by atoms with Gasteiger partial charge in [-0.05, 0) is 56.1 Å². The van der Waals surface area contributed by atoms with Crippen LogP contribution in [0.3, 0.4) is 0 Å². The minimum Gasteiger partial charge on any atom is -0.342 e. The number of pyridine rings is 1. The number of carbonyl (C=O) groups excluding carboxylic acids is 1. The van der Waals surface area contributed by atoms with Crippen molar-refractivity contribution in [1.29, 1.82) is 0 Å². The van der Waals surface area contributed by atoms with E-state index in [1.807, 2.05) is 12.1 Å². The van der Waals surface area contributed by atoms with E-state index in [1.54, 1.807) is 12.4 Å². The van der Waals surface area contributed by atoms with Crippen molar-refractivity contribution in [2.45, 2.75) is 25.7 Å². The number of amides is 1. The fourth-order valence-corrected chi connectivity index (χ4v) is 3.60. The fraction of sp³-hybridized carbons (Fsp3) is 0.350. The van der Waals surface area contributed by atoms with Gasteiger partial charge in [0.15, 0.2) is 0 Å². The quantitative estimate of drug-likeness (QED) is 0.759. The minimum absolute atomic E-state index is 0.00104. The molecule has 134 valence electrons. The Morgan fingerprint density at radius 3 is 3.15 bits per heavy atom. The number of aromatic amines is 1. The predicted molar refractivity (Wildman–Crippen MR) is 102 cm³/mol. The van der Waals surface area contributed by atoms with Crippen molar-refractivity contribution in [3.05, 3.63) is 54.1 Å². The summed E-state index contributed by atoms with van der Waals surface area (Å²) in [5.41, 5.74) is 4.06. The molecule has 6 heteroatoms. The Morgan fingerprint density at radius 2 is 2.31 bits per heavy atom. The number of piperidine rings is 1. The summed E-state index contributed by atoms with van der Waals surface area (Å²) in [6.07, 6.45) is 5.52. The molecule has 1 aromatic carbocycles. The molecule has 6 nitrogen and oxygen atoms in total. The molecule has 1 aliphatic rings. The van der Waals surface area contributed by atoms with Gasteiger partial charge < -0.3 is 10.3 Å². The number of anilines is 1. The van der Waals surface area contributed by atoms with Crippen LogP contribution in [0.5, 0.6) is 0 Å². The smallest absolute Gasteiger partial charge is 0.238 e. The van der Waals surface area contributed by atoms with Crippen LogP contribution in [-0.2, 0) is 4.79 Å². The molecule has 2 aromatic heterocycles. The van der Waals surface area contributed by atoms with E-state index in [-0.39, 0.29) is 5.91 Å². The molecule has 0 aliphatic carbocycles. The first-order chi connectivity index (χ1) is 12.7. The Kier molecular flexibility index (Phi) is 4.67. The second-order valence-electron chi connectivity index (χ2n) is 7.01. The Balaban J connectivity index is 1.41. The topological polar surface area (TPSA) is 73.9 Å². The van der Waals surface area contributed by atoms with E-state index in [4.69, 9.17) is 4.98 Å². The van der Waals surface area contributed by atoms with Crippen molar-refractivity contribution in [2.75, 3.05) is 25.0 Å². The molecule has 0 bridgehead atoms. The van der Waals surface area contributed by atoms with Crippen LogP contribution in [0.25, 0.3) is 11.0 Å². The normalized spacial score (nSPS) is 18.1. The molecule has 0 radical (unpaired) electrons. The highest BCUT2D eigenvalue weighted by Crippen LogP contribution is 2.27. The lowest BCUT2D eigenvalue weighted by atomic mass is 9.97. The molecule has 1 saturated heterocycles. The van der Waals surface area contributed by atoms with Gasteiger partial charge in [0.1, 0.15) is 5.82 Å². The summed E-state index contributed by atoms with van der Waals surface area (Å²) >= 11 is 0. The lowest BCUT2D eigenvalue weighted by Gasteiger charge is -2.31. The monoisotopic (exact) mass is 349 g/mol. The third-order valence-electron chi connectivity index (χ3n) is 4.86. The number of aryl methyl sites for hydroxylation is 1. The second-order valence-corrected chi connectivity index (χ2v) is 7.01. The summed E-state index contributed by atoms with van der Waals surface area (Å²) in [5, 5.41) is 2.90. The van der Waals surface area contributed by atoms with Gasteiger partial charge in [0.05, 0.1) is 29.5 Å². The summed E-state index contributed by atoms with van der Waals surface area (Å²) in [6, 6.07) is 9.94. The highest BCUT2D eigenvalue weighted by Gasteiger charge is 2.25. The number of likely N-dealkylation sites (tertiary alicyclic amines) is 1. The molecule has 3 aromatic rings. The number of carbonyl (C=O) groups is 1. The van der Waals surface area contributed by atoms with Crippen LogP contribution in [0.4, 0.5) is 5.69 Å². The van der Waals surface area contributed by atoms with Gasteiger partial charge in [0, 0.05) is 18.7 Å². The van der Waals surface area contributed by atoms with Gasteiger partial charge in [-0.15, -0.1) is 0 Å². The standard InChI is InChI=1S/C20H23N5O/c1-14-6-7-17-18(10-14)24-20(23-17)15-4-3-9-25(12-15)13-19(26)22-16-5-2-8-21-11-16/h2,5-8,10-11,15H,3-4,9,12-13H2,1H3,(H,22,26)(H,23,24)/t15-/m1/s1. The summed E-state index contributed by atoms with van der Waals surface area (Å²) in [4.78, 5) is 26.8. The van der Waals surface area contributed by atoms with Gasteiger partial charge >= 0.3 is 0 Å². The van der Waals surface area contributed by atoms with Crippen LogP contribution in [0.1, 0.15) is 30.1 Å². The fourth-order valence-electron chi connectivity index (χ4n) is 3.60. The largest absolute Gasteiger partial charge is 0.342 e. The molecule has 1 amide bonds. The van der Waals surface area contributed by atoms with Gasteiger partial charge in [-0.3, -0.25) is 14.7 Å². The number of nitrogens with zero attached hydrogens (tertiary/aromatic N) is 3. The molecule has 1 atom stereocenters. The molecule has 3 heterocycles. The third kappa shape index (κ3) is 3.75. The Morgan fingerprint density at radius 1 is 1.38 bits per heavy atom. The number of aromatic nitrogens is 3. The van der Waals surface area contributed by atoms with Gasteiger partial charge in [-0.1, -0.05) is 6.07 Å². The summed E-state index contributed by atoms with van der Waals surface area (Å²) in [5.74, 6) is 1.37. The van der Waals surface area contributed by atoms with Crippen molar-refractivity contribution in [3.8, 4) is 0 Å². The van der Waals surface area contributed by atoms with Crippen LogP contribution in [0.2, 0.25) is 0 Å². The summed E-state index contributed by atoms with van der Waals surface area (Å²) in [7, 11) is 0. The predicted octanol–water partition coefficient (Wildman–Crippen LogP) is 3.08. The lowest BCUT2D eigenvalue weighted by Crippen LogP contribution is -2.40. The molecule has 1 aliphatic heterocycles. The molecule has 4 rings (SSSR count). The van der Waals surface area contributed by atoms with E-state index in [0.29, 0.717) is 12.5 Å². The molecule has 1 fully saturated rings. The maximum Gasteiger partial charge on any atom is 0.238 e. The number of H-pyrrole nitrogens is 1. The molecule has 26 heavy (non-hydrogen) atoms. The van der Waals surface area contributed by atoms with Crippen molar-refractivity contribution >= 4 is 22.6 Å². The van der Waals surface area contributed by atoms with E-state index in [1.165, 1.54) is 5.56 Å². The Labute approximate surface area is 152 Å². The lowest BCUT2D eigenvalue weighted by molar-refractivity contribution is -0.117. The SMILES string of the molecule is Cc1ccc2nc([C@@H]3CCCN(CC(=O)Nc4cccnc4)C3)[nH]c2c1. The van der Waals surface area contributed by atoms with Crippen molar-refractivity contribution in [2.24, 2.45) is 0 Å². The zero-order chi connectivity index (χ0) is 17.9. The van der Waals surface area contributed by atoms with E-state index in [9.17, 15) is 4.79 Å². The van der Waals surface area contributed by atoms with Crippen LogP contribution < -0.4 is 5.32 Å². The highest BCUT2D eigenvalue weighted by molar-refractivity contribution is 5.92. The molecule has 0 spiro atoms. The molecule has 0 saturated carbocycles. The van der Waals surface area contributed by atoms with Crippen molar-refractivity contribution < 1.29 is 4.79 Å². The van der Waals surface area contributed by atoms with Crippen molar-refractivity contribution in [1.82, 2.24) is 19.9 Å². The van der Waals surface area contributed by atoms with Crippen LogP contribution in [0.15, 0.2) is 42.7 Å². The highest BCUT2D eigenvalue weighted by atomic mass is 16.2. The first kappa shape index (κ1) is 16.7. The zero-order valence-electron chi connectivity index (χ0n) is 14.9. The van der Waals surface area contributed by atoms with Crippen LogP contribution >= 0.6 is 0 Å². The number of fused-ring (bicyclic) bond motifs is 1. The maximum absolute atomic E-state index is 12.3. The second kappa shape index (κ2) is 7.25. The van der Waals surface area contributed by atoms with Crippen LogP contribution in [0, 0.1) is 6.92 Å². The number of hydrogen-bond donors (Lipinski definition) is 2. The summed E-state index contributed by atoms with van der Waals surface area (Å²) in [6.45, 7) is 4.27. The van der Waals surface area contributed by atoms with Gasteiger partial charge in [0.25, 0.3) is 0 Å². The van der Waals surface area contributed by atoms with E-state index in [2.05, 4.69) is 45.3 Å². The maximum atomic E-state index is 12.3. The summed E-state index contributed by atoms with van der Waals surface area (Å²) < 4.78 is 0. The van der Waals surface area contributed by atoms with E-state index < -0.39 is 0 Å². The minimum atomic E-state index is -0.00104.